The van der Waals surface area contributed by atoms with E-state index in [9.17, 15) is 23.4 Å². The third kappa shape index (κ3) is 3.54. The van der Waals surface area contributed by atoms with E-state index in [0.29, 0.717) is 0 Å². The molecule has 0 aliphatic rings. The van der Waals surface area contributed by atoms with Crippen molar-refractivity contribution in [3.05, 3.63) is 47.5 Å². The van der Waals surface area contributed by atoms with Crippen molar-refractivity contribution in [2.45, 2.75) is 11.8 Å². The van der Waals surface area contributed by atoms with Crippen molar-refractivity contribution in [3.63, 3.8) is 0 Å². The van der Waals surface area contributed by atoms with E-state index in [1.54, 1.807) is 19.1 Å². The molecule has 3 N–H and O–H groups in total. The average Bonchev–Trinajstić information content (AvgIpc) is 2.51. The van der Waals surface area contributed by atoms with Crippen molar-refractivity contribution in [1.82, 2.24) is 5.32 Å². The number of hydrogen-bond donors (Lipinski definition) is 3. The van der Waals surface area contributed by atoms with Crippen LogP contribution in [0.3, 0.4) is 0 Å². The first kappa shape index (κ1) is 16.6. The molecule has 0 aliphatic carbocycles. The van der Waals surface area contributed by atoms with Crippen LogP contribution in [0.25, 0.3) is 0 Å². The van der Waals surface area contributed by atoms with Gasteiger partial charge in [-0.1, -0.05) is 17.7 Å². The maximum Gasteiger partial charge on any atom is 0.339 e. The second kappa shape index (κ2) is 6.17. The molecule has 2 aromatic carbocycles. The van der Waals surface area contributed by atoms with Crippen LogP contribution in [0.2, 0.25) is 0 Å². The highest BCUT2D eigenvalue weighted by molar-refractivity contribution is 7.87. The molecule has 0 spiro atoms. The first-order valence-electron chi connectivity index (χ1n) is 6.54. The molecular formula is C15H15NO6S. The van der Waals surface area contributed by atoms with Crippen LogP contribution in [0.5, 0.6) is 17.2 Å². The number of nitrogens with one attached hydrogen (secondary N) is 1. The highest BCUT2D eigenvalue weighted by Gasteiger charge is 2.22. The molecule has 2 rings (SSSR count). The third-order valence-electron chi connectivity index (χ3n) is 3.05. The molecule has 0 saturated carbocycles. The predicted octanol–water partition coefficient (Wildman–Crippen LogP) is 1.53. The second-order valence-electron chi connectivity index (χ2n) is 4.77. The van der Waals surface area contributed by atoms with Gasteiger partial charge in [0.05, 0.1) is 0 Å². The highest BCUT2D eigenvalue weighted by atomic mass is 32.2. The van der Waals surface area contributed by atoms with Gasteiger partial charge in [0, 0.05) is 12.6 Å². The molecule has 0 aliphatic heterocycles. The zero-order chi connectivity index (χ0) is 17.2. The molecule has 0 heterocycles. The van der Waals surface area contributed by atoms with Gasteiger partial charge >= 0.3 is 10.1 Å². The molecule has 1 amide bonds. The quantitative estimate of drug-likeness (QED) is 0.576. The zero-order valence-corrected chi connectivity index (χ0v) is 13.2. The predicted molar refractivity (Wildman–Crippen MR) is 82.2 cm³/mol. The first-order valence-corrected chi connectivity index (χ1v) is 7.94. The number of hydrogen-bond acceptors (Lipinski definition) is 6. The Labute approximate surface area is 133 Å². The molecule has 2 aromatic rings. The Kier molecular flexibility index (Phi) is 4.46. The maximum absolute atomic E-state index is 12.2. The number of phenolic OH excluding ortho intramolecular Hbond substituents is 2. The SMILES string of the molecule is CNC(=O)c1cc(O)c(O)c(OS(=O)(=O)c2ccc(C)cc2)c1. The monoisotopic (exact) mass is 337 g/mol. The van der Waals surface area contributed by atoms with Crippen molar-refractivity contribution in [2.75, 3.05) is 7.05 Å². The van der Waals surface area contributed by atoms with E-state index in [1.165, 1.54) is 19.2 Å². The highest BCUT2D eigenvalue weighted by Crippen LogP contribution is 2.38. The van der Waals surface area contributed by atoms with Crippen LogP contribution in [-0.4, -0.2) is 31.6 Å². The van der Waals surface area contributed by atoms with Crippen LogP contribution in [0.1, 0.15) is 15.9 Å². The second-order valence-corrected chi connectivity index (χ2v) is 6.32. The lowest BCUT2D eigenvalue weighted by Crippen LogP contribution is -2.18. The number of carbonyl (C=O) groups excluding carboxylic acids is 1. The molecule has 0 fully saturated rings. The smallest absolute Gasteiger partial charge is 0.339 e. The number of aromatic hydroxyl groups is 2. The van der Waals surface area contributed by atoms with Gasteiger partial charge < -0.3 is 19.7 Å². The molecule has 0 saturated heterocycles. The Bertz CT molecular complexity index is 843. The van der Waals surface area contributed by atoms with Crippen molar-refractivity contribution < 1.29 is 27.6 Å². The van der Waals surface area contributed by atoms with Gasteiger partial charge in [-0.2, -0.15) is 8.42 Å². The summed E-state index contributed by atoms with van der Waals surface area (Å²) in [5, 5.41) is 21.7. The van der Waals surface area contributed by atoms with Gasteiger partial charge in [0.2, 0.25) is 5.75 Å². The standard InChI is InChI=1S/C15H15NO6S/c1-9-3-5-11(6-4-9)23(20,21)22-13-8-10(15(19)16-2)7-12(17)14(13)18/h3-8,17-18H,1-2H3,(H,16,19). The Hall–Kier alpha value is -2.74. The molecular weight excluding hydrogens is 322 g/mol. The Morgan fingerprint density at radius 2 is 1.74 bits per heavy atom. The Balaban J connectivity index is 2.44. The summed E-state index contributed by atoms with van der Waals surface area (Å²) in [6.45, 7) is 1.80. The Morgan fingerprint density at radius 1 is 1.13 bits per heavy atom. The van der Waals surface area contributed by atoms with Crippen molar-refractivity contribution >= 4 is 16.0 Å². The first-order chi connectivity index (χ1) is 10.7. The molecule has 0 radical (unpaired) electrons. The molecule has 8 heteroatoms. The van der Waals surface area contributed by atoms with Crippen LogP contribution in [-0.2, 0) is 10.1 Å². The van der Waals surface area contributed by atoms with E-state index in [-0.39, 0.29) is 10.5 Å². The minimum Gasteiger partial charge on any atom is -0.504 e. The van der Waals surface area contributed by atoms with Crippen molar-refractivity contribution in [3.8, 4) is 17.2 Å². The number of amides is 1. The summed E-state index contributed by atoms with van der Waals surface area (Å²) in [7, 11) is -2.85. The lowest BCUT2D eigenvalue weighted by molar-refractivity contribution is 0.0962. The van der Waals surface area contributed by atoms with E-state index in [1.807, 2.05) is 0 Å². The van der Waals surface area contributed by atoms with E-state index in [2.05, 4.69) is 5.32 Å². The van der Waals surface area contributed by atoms with Crippen LogP contribution >= 0.6 is 0 Å². The fourth-order valence-corrected chi connectivity index (χ4v) is 2.73. The van der Waals surface area contributed by atoms with E-state index in [4.69, 9.17) is 4.18 Å². The maximum atomic E-state index is 12.2. The Morgan fingerprint density at radius 3 is 2.30 bits per heavy atom. The minimum absolute atomic E-state index is 0.0584. The summed E-state index contributed by atoms with van der Waals surface area (Å²) in [6.07, 6.45) is 0. The molecule has 0 aromatic heterocycles. The van der Waals surface area contributed by atoms with E-state index in [0.717, 1.165) is 17.7 Å². The van der Waals surface area contributed by atoms with Crippen molar-refractivity contribution in [2.24, 2.45) is 0 Å². The molecule has 7 nitrogen and oxygen atoms in total. The van der Waals surface area contributed by atoms with Gasteiger partial charge in [-0.3, -0.25) is 4.79 Å². The van der Waals surface area contributed by atoms with Gasteiger partial charge in [-0.05, 0) is 31.2 Å². The van der Waals surface area contributed by atoms with Gasteiger partial charge in [-0.25, -0.2) is 0 Å². The van der Waals surface area contributed by atoms with Crippen LogP contribution in [0.15, 0.2) is 41.3 Å². The topological polar surface area (TPSA) is 113 Å². The molecule has 0 bridgehead atoms. The largest absolute Gasteiger partial charge is 0.504 e. The molecule has 0 atom stereocenters. The minimum atomic E-state index is -4.22. The summed E-state index contributed by atoms with van der Waals surface area (Å²) in [4.78, 5) is 11.5. The van der Waals surface area contributed by atoms with E-state index >= 15 is 0 Å². The summed E-state index contributed by atoms with van der Waals surface area (Å²) >= 11 is 0. The van der Waals surface area contributed by atoms with Crippen LogP contribution < -0.4 is 9.50 Å². The number of rotatable bonds is 4. The molecule has 122 valence electrons. The third-order valence-corrected chi connectivity index (χ3v) is 4.30. The lowest BCUT2D eigenvalue weighted by atomic mass is 10.1. The van der Waals surface area contributed by atoms with Gasteiger partial charge in [0.1, 0.15) is 4.90 Å². The zero-order valence-electron chi connectivity index (χ0n) is 12.4. The van der Waals surface area contributed by atoms with E-state index < -0.39 is 33.3 Å². The molecule has 0 unspecified atom stereocenters. The van der Waals surface area contributed by atoms with Crippen LogP contribution in [0.4, 0.5) is 0 Å². The number of phenols is 2. The van der Waals surface area contributed by atoms with Gasteiger partial charge in [0.15, 0.2) is 11.5 Å². The van der Waals surface area contributed by atoms with Crippen LogP contribution in [0, 0.1) is 6.92 Å². The fourth-order valence-electron chi connectivity index (χ4n) is 1.80. The van der Waals surface area contributed by atoms with Crippen molar-refractivity contribution in [1.29, 1.82) is 0 Å². The average molecular weight is 337 g/mol. The fraction of sp³-hybridized carbons (Fsp3) is 0.133. The van der Waals surface area contributed by atoms with Gasteiger partial charge in [0.25, 0.3) is 5.91 Å². The summed E-state index contributed by atoms with van der Waals surface area (Å²) in [6, 6.07) is 7.91. The lowest BCUT2D eigenvalue weighted by Gasteiger charge is -2.11. The number of benzene rings is 2. The summed E-state index contributed by atoms with van der Waals surface area (Å²) in [5.74, 6) is -2.55. The normalized spacial score (nSPS) is 11.0. The summed E-state index contributed by atoms with van der Waals surface area (Å²) < 4.78 is 29.3. The molecule has 23 heavy (non-hydrogen) atoms. The number of aryl methyl sites for hydroxylation is 1. The summed E-state index contributed by atoms with van der Waals surface area (Å²) in [5.41, 5.74) is 0.808. The van der Waals surface area contributed by atoms with Gasteiger partial charge in [-0.15, -0.1) is 0 Å². The number of carbonyl (C=O) groups is 1.